The third kappa shape index (κ3) is 6.08. The number of carboxylic acid groups (broad SMARTS) is 1. The molecule has 0 atom stereocenters. The first-order chi connectivity index (χ1) is 12.3. The zero-order valence-corrected chi connectivity index (χ0v) is 15.9. The van der Waals surface area contributed by atoms with Crippen molar-refractivity contribution in [2.75, 3.05) is 26.2 Å². The number of aromatic carboxylic acids is 1. The number of rotatable bonds is 11. The van der Waals surface area contributed by atoms with Gasteiger partial charge in [-0.3, -0.25) is 4.79 Å². The number of amides is 1. The van der Waals surface area contributed by atoms with Gasteiger partial charge in [0.25, 0.3) is 5.91 Å². The van der Waals surface area contributed by atoms with Crippen molar-refractivity contribution in [2.45, 2.75) is 38.0 Å². The van der Waals surface area contributed by atoms with Crippen molar-refractivity contribution in [3.63, 3.8) is 0 Å². The van der Waals surface area contributed by atoms with Gasteiger partial charge in [-0.05, 0) is 37.5 Å². The van der Waals surface area contributed by atoms with Gasteiger partial charge in [0.1, 0.15) is 0 Å². The number of carbonyl (C=O) groups excluding carboxylic acids is 1. The molecule has 0 bridgehead atoms. The van der Waals surface area contributed by atoms with Gasteiger partial charge in [-0.25, -0.2) is 17.9 Å². The van der Waals surface area contributed by atoms with Crippen LogP contribution >= 0.6 is 0 Å². The van der Waals surface area contributed by atoms with E-state index in [1.165, 1.54) is 12.1 Å². The summed E-state index contributed by atoms with van der Waals surface area (Å²) in [5.74, 6) is -1.72. The minimum atomic E-state index is -3.99. The second kappa shape index (κ2) is 10.2. The highest BCUT2D eigenvalue weighted by atomic mass is 32.2. The van der Waals surface area contributed by atoms with Crippen LogP contribution in [0.5, 0.6) is 0 Å². The number of aliphatic hydroxyl groups is 1. The van der Waals surface area contributed by atoms with Crippen LogP contribution in [-0.2, 0) is 10.0 Å². The molecule has 1 rings (SSSR count). The molecule has 146 valence electrons. The van der Waals surface area contributed by atoms with Gasteiger partial charge in [0.05, 0.1) is 10.5 Å². The average Bonchev–Trinajstić information content (AvgIpc) is 2.60. The fourth-order valence-electron chi connectivity index (χ4n) is 2.41. The lowest BCUT2D eigenvalue weighted by Crippen LogP contribution is -2.33. The maximum Gasteiger partial charge on any atom is 0.335 e. The molecule has 3 N–H and O–H groups in total. The average molecular weight is 386 g/mol. The molecule has 0 aliphatic carbocycles. The third-order valence-electron chi connectivity index (χ3n) is 3.61. The van der Waals surface area contributed by atoms with Crippen molar-refractivity contribution in [1.82, 2.24) is 9.62 Å². The lowest BCUT2D eigenvalue weighted by atomic mass is 10.1. The van der Waals surface area contributed by atoms with Crippen LogP contribution < -0.4 is 4.72 Å². The van der Waals surface area contributed by atoms with Gasteiger partial charge in [-0.2, -0.15) is 0 Å². The molecule has 9 heteroatoms. The monoisotopic (exact) mass is 386 g/mol. The lowest BCUT2D eigenvalue weighted by molar-refractivity contribution is 0.0696. The van der Waals surface area contributed by atoms with Gasteiger partial charge in [-0.1, -0.05) is 13.8 Å². The van der Waals surface area contributed by atoms with Crippen molar-refractivity contribution in [3.8, 4) is 0 Å². The normalized spacial score (nSPS) is 11.3. The number of nitrogens with one attached hydrogen (secondary N) is 1. The Morgan fingerprint density at radius 2 is 1.65 bits per heavy atom. The first-order valence-electron chi connectivity index (χ1n) is 8.55. The molecular formula is C17H26N2O6S. The van der Waals surface area contributed by atoms with Gasteiger partial charge in [0.15, 0.2) is 0 Å². The predicted octanol–water partition coefficient (Wildman–Crippen LogP) is 1.31. The number of nitrogens with zero attached hydrogens (tertiary/aromatic N) is 1. The largest absolute Gasteiger partial charge is 0.478 e. The Morgan fingerprint density at radius 1 is 1.08 bits per heavy atom. The molecule has 26 heavy (non-hydrogen) atoms. The second-order valence-electron chi connectivity index (χ2n) is 5.82. The molecule has 0 fully saturated rings. The summed E-state index contributed by atoms with van der Waals surface area (Å²) in [4.78, 5) is 25.4. The number of carboxylic acids is 1. The summed E-state index contributed by atoms with van der Waals surface area (Å²) < 4.78 is 27.0. The standard InChI is InChI=1S/C17H26N2O6S/c1-3-7-19(8-4-2)16(21)13-10-14(17(22)23)12-15(11-13)26(24,25)18-6-5-9-20/h10-12,18,20H,3-9H2,1-2H3,(H,22,23). The van der Waals surface area contributed by atoms with Crippen molar-refractivity contribution < 1.29 is 28.2 Å². The third-order valence-corrected chi connectivity index (χ3v) is 5.05. The zero-order valence-electron chi connectivity index (χ0n) is 15.1. The van der Waals surface area contributed by atoms with E-state index < -0.39 is 21.9 Å². The summed E-state index contributed by atoms with van der Waals surface area (Å²) in [6.07, 6.45) is 1.70. The van der Waals surface area contributed by atoms with E-state index in [4.69, 9.17) is 5.11 Å². The quantitative estimate of drug-likeness (QED) is 0.493. The second-order valence-corrected chi connectivity index (χ2v) is 7.59. The topological polar surface area (TPSA) is 124 Å². The van der Waals surface area contributed by atoms with Crippen LogP contribution in [0.3, 0.4) is 0 Å². The predicted molar refractivity (Wildman–Crippen MR) is 96.8 cm³/mol. The number of carbonyl (C=O) groups is 2. The number of hydrogen-bond acceptors (Lipinski definition) is 5. The SMILES string of the molecule is CCCN(CCC)C(=O)c1cc(C(=O)O)cc(S(=O)(=O)NCCCO)c1. The lowest BCUT2D eigenvalue weighted by Gasteiger charge is -2.22. The van der Waals surface area contributed by atoms with Gasteiger partial charge >= 0.3 is 5.97 Å². The van der Waals surface area contributed by atoms with Crippen LogP contribution in [0, 0.1) is 0 Å². The van der Waals surface area contributed by atoms with E-state index in [-0.39, 0.29) is 35.6 Å². The van der Waals surface area contributed by atoms with Crippen molar-refractivity contribution in [1.29, 1.82) is 0 Å². The molecule has 1 aromatic rings. The van der Waals surface area contributed by atoms with E-state index >= 15 is 0 Å². The molecule has 0 unspecified atom stereocenters. The van der Waals surface area contributed by atoms with Crippen LogP contribution in [-0.4, -0.2) is 61.6 Å². The number of benzene rings is 1. The molecule has 0 spiro atoms. The molecule has 0 aliphatic rings. The van der Waals surface area contributed by atoms with E-state index in [2.05, 4.69) is 4.72 Å². The van der Waals surface area contributed by atoms with Gasteiger partial charge in [0.2, 0.25) is 10.0 Å². The molecule has 1 aromatic carbocycles. The van der Waals surface area contributed by atoms with Crippen molar-refractivity contribution in [3.05, 3.63) is 29.3 Å². The summed E-state index contributed by atoms with van der Waals surface area (Å²) in [7, 11) is -3.99. The maximum absolute atomic E-state index is 12.7. The van der Waals surface area contributed by atoms with E-state index in [0.717, 1.165) is 18.9 Å². The van der Waals surface area contributed by atoms with Crippen LogP contribution in [0.15, 0.2) is 23.1 Å². The Balaban J connectivity index is 3.30. The van der Waals surface area contributed by atoms with Gasteiger partial charge in [0, 0.05) is 31.8 Å². The molecule has 1 amide bonds. The molecule has 0 heterocycles. The van der Waals surface area contributed by atoms with Gasteiger partial charge < -0.3 is 15.1 Å². The number of hydrogen-bond donors (Lipinski definition) is 3. The molecule has 0 aromatic heterocycles. The highest BCUT2D eigenvalue weighted by molar-refractivity contribution is 7.89. The Morgan fingerprint density at radius 3 is 2.15 bits per heavy atom. The van der Waals surface area contributed by atoms with Crippen molar-refractivity contribution >= 4 is 21.9 Å². The molecule has 0 aliphatic heterocycles. The van der Waals surface area contributed by atoms with E-state index in [0.29, 0.717) is 13.1 Å². The first-order valence-corrected chi connectivity index (χ1v) is 10.0. The van der Waals surface area contributed by atoms with Gasteiger partial charge in [-0.15, -0.1) is 0 Å². The molecule has 0 radical (unpaired) electrons. The summed E-state index contributed by atoms with van der Waals surface area (Å²) in [5, 5.41) is 18.0. The van der Waals surface area contributed by atoms with Crippen LogP contribution in [0.4, 0.5) is 0 Å². The van der Waals surface area contributed by atoms with Crippen LogP contribution in [0.25, 0.3) is 0 Å². The molecule has 8 nitrogen and oxygen atoms in total. The summed E-state index contributed by atoms with van der Waals surface area (Å²) in [6, 6.07) is 3.40. The summed E-state index contributed by atoms with van der Waals surface area (Å²) >= 11 is 0. The maximum atomic E-state index is 12.7. The first kappa shape index (κ1) is 22.1. The molecular weight excluding hydrogens is 360 g/mol. The Hall–Kier alpha value is -1.97. The highest BCUT2D eigenvalue weighted by Crippen LogP contribution is 2.18. The molecule has 0 saturated carbocycles. The van der Waals surface area contributed by atoms with E-state index in [9.17, 15) is 23.1 Å². The number of sulfonamides is 1. The van der Waals surface area contributed by atoms with Crippen LogP contribution in [0.2, 0.25) is 0 Å². The van der Waals surface area contributed by atoms with E-state index in [1.807, 2.05) is 13.8 Å². The Labute approximate surface area is 153 Å². The Kier molecular flexibility index (Phi) is 8.70. The Bertz CT molecular complexity index is 727. The van der Waals surface area contributed by atoms with Crippen molar-refractivity contribution in [2.24, 2.45) is 0 Å². The minimum Gasteiger partial charge on any atom is -0.478 e. The summed E-state index contributed by atoms with van der Waals surface area (Å²) in [6.45, 7) is 4.68. The summed E-state index contributed by atoms with van der Waals surface area (Å²) in [5.41, 5.74) is -0.249. The minimum absolute atomic E-state index is 0.0111. The highest BCUT2D eigenvalue weighted by Gasteiger charge is 2.22. The van der Waals surface area contributed by atoms with Crippen LogP contribution in [0.1, 0.15) is 53.8 Å². The molecule has 0 saturated heterocycles. The fourth-order valence-corrected chi connectivity index (χ4v) is 3.55. The number of aliphatic hydroxyl groups excluding tert-OH is 1. The fraction of sp³-hybridized carbons (Fsp3) is 0.529. The van der Waals surface area contributed by atoms with E-state index in [1.54, 1.807) is 4.90 Å². The zero-order chi connectivity index (χ0) is 19.7. The smallest absolute Gasteiger partial charge is 0.335 e.